The van der Waals surface area contributed by atoms with Crippen molar-refractivity contribution >= 4 is 5.91 Å². The van der Waals surface area contributed by atoms with Crippen molar-refractivity contribution < 1.29 is 9.53 Å². The first kappa shape index (κ1) is 17.5. The minimum atomic E-state index is -0.0660. The zero-order valence-corrected chi connectivity index (χ0v) is 16.9. The lowest BCUT2D eigenvalue weighted by atomic mass is 9.53. The fraction of sp³-hybridized carbons (Fsp3) is 0.720. The van der Waals surface area contributed by atoms with Crippen LogP contribution in [-0.2, 0) is 21.7 Å². The van der Waals surface area contributed by atoms with Gasteiger partial charge in [-0.3, -0.25) is 4.79 Å². The zero-order chi connectivity index (χ0) is 18.8. The molecule has 28 heavy (non-hydrogen) atoms. The van der Waals surface area contributed by atoms with Crippen LogP contribution in [0, 0.1) is 23.7 Å². The largest absolute Gasteiger partial charge is 0.366 e. The van der Waals surface area contributed by atoms with Crippen molar-refractivity contribution in [1.29, 1.82) is 0 Å². The molecule has 5 aliphatic carbocycles. The van der Waals surface area contributed by atoms with Crippen LogP contribution in [0.25, 0.3) is 0 Å². The number of nitrogens with one attached hydrogen (secondary N) is 1. The number of carbonyl (C=O) groups excluding carboxylic acids is 1. The lowest BCUT2D eigenvalue weighted by Crippen LogP contribution is -2.60. The Kier molecular flexibility index (Phi) is 3.95. The fourth-order valence-corrected chi connectivity index (χ4v) is 8.02. The molecule has 0 saturated heterocycles. The van der Waals surface area contributed by atoms with E-state index in [1.54, 1.807) is 0 Å². The van der Waals surface area contributed by atoms with Crippen molar-refractivity contribution in [2.45, 2.75) is 88.4 Å². The highest BCUT2D eigenvalue weighted by Gasteiger charge is 2.51. The lowest BCUT2D eigenvalue weighted by molar-refractivity contribution is -0.129. The first-order chi connectivity index (χ1) is 13.6. The van der Waals surface area contributed by atoms with Crippen LogP contribution < -0.4 is 5.32 Å². The van der Waals surface area contributed by atoms with E-state index in [4.69, 9.17) is 4.74 Å². The van der Waals surface area contributed by atoms with E-state index in [2.05, 4.69) is 29.6 Å². The van der Waals surface area contributed by atoms with Crippen LogP contribution in [0.4, 0.5) is 0 Å². The Morgan fingerprint density at radius 1 is 1.00 bits per heavy atom. The summed E-state index contributed by atoms with van der Waals surface area (Å²) in [7, 11) is 0. The standard InChI is InChI=1S/C25H33NO2/c27-23(26-24-13-18-9-19(14-24)11-20(10-18)15-24)12-17-5-7-25(8-6-17)22-4-2-1-3-21(22)16-28-25/h1-4,17-20H,5-16H2,(H,26,27)/t17-,18?,19?,20?,24?,25+. The molecule has 1 aromatic rings. The van der Waals surface area contributed by atoms with Gasteiger partial charge in [0, 0.05) is 12.0 Å². The number of fused-ring (bicyclic) bond motifs is 2. The molecule has 1 spiro atoms. The maximum Gasteiger partial charge on any atom is 0.220 e. The molecule has 1 aliphatic heterocycles. The van der Waals surface area contributed by atoms with Crippen molar-refractivity contribution in [2.75, 3.05) is 0 Å². The van der Waals surface area contributed by atoms with Gasteiger partial charge in [-0.2, -0.15) is 0 Å². The number of hydrogen-bond acceptors (Lipinski definition) is 2. The third kappa shape index (κ3) is 2.84. The van der Waals surface area contributed by atoms with E-state index >= 15 is 0 Å². The maximum atomic E-state index is 13.0. The minimum absolute atomic E-state index is 0.0660. The fourth-order valence-electron chi connectivity index (χ4n) is 8.02. The molecule has 5 fully saturated rings. The van der Waals surface area contributed by atoms with Crippen LogP contribution in [0.3, 0.4) is 0 Å². The zero-order valence-electron chi connectivity index (χ0n) is 16.9. The van der Waals surface area contributed by atoms with Crippen LogP contribution in [0.2, 0.25) is 0 Å². The molecular weight excluding hydrogens is 346 g/mol. The summed E-state index contributed by atoms with van der Waals surface area (Å²) in [5, 5.41) is 3.58. The molecule has 0 unspecified atom stereocenters. The maximum absolute atomic E-state index is 13.0. The lowest BCUT2D eigenvalue weighted by Gasteiger charge is -2.57. The quantitative estimate of drug-likeness (QED) is 0.795. The van der Waals surface area contributed by atoms with E-state index < -0.39 is 0 Å². The highest BCUT2D eigenvalue weighted by atomic mass is 16.5. The van der Waals surface area contributed by atoms with Crippen LogP contribution in [0.1, 0.15) is 81.8 Å². The SMILES string of the molecule is O=C(C[C@H]1CC[C@]2(CC1)OCc1ccccc12)NC12CC3CC(CC(C3)C1)C2. The Hall–Kier alpha value is -1.35. The second-order valence-corrected chi connectivity index (χ2v) is 10.8. The van der Waals surface area contributed by atoms with Gasteiger partial charge in [0.1, 0.15) is 0 Å². The van der Waals surface area contributed by atoms with Crippen molar-refractivity contribution in [2.24, 2.45) is 23.7 Å². The van der Waals surface area contributed by atoms with Gasteiger partial charge in [0.15, 0.2) is 0 Å². The minimum Gasteiger partial charge on any atom is -0.366 e. The Labute approximate surface area is 168 Å². The topological polar surface area (TPSA) is 38.3 Å². The number of hydrogen-bond donors (Lipinski definition) is 1. The number of carbonyl (C=O) groups is 1. The molecule has 1 aromatic carbocycles. The van der Waals surface area contributed by atoms with E-state index in [0.29, 0.717) is 11.8 Å². The summed E-state index contributed by atoms with van der Waals surface area (Å²) >= 11 is 0. The molecule has 4 bridgehead atoms. The van der Waals surface area contributed by atoms with E-state index in [-0.39, 0.29) is 11.1 Å². The number of benzene rings is 1. The third-order valence-corrected chi connectivity index (χ3v) is 8.84. The summed E-state index contributed by atoms with van der Waals surface area (Å²) in [6.07, 6.45) is 13.1. The van der Waals surface area contributed by atoms with Gasteiger partial charge >= 0.3 is 0 Å². The molecular formula is C25H33NO2. The highest BCUT2D eigenvalue weighted by Crippen LogP contribution is 2.56. The van der Waals surface area contributed by atoms with Gasteiger partial charge in [-0.1, -0.05) is 24.3 Å². The molecule has 1 N–H and O–H groups in total. The summed E-state index contributed by atoms with van der Waals surface area (Å²) in [4.78, 5) is 13.0. The van der Waals surface area contributed by atoms with Crippen LogP contribution in [0.5, 0.6) is 0 Å². The number of amides is 1. The Morgan fingerprint density at radius 3 is 2.32 bits per heavy atom. The second kappa shape index (κ2) is 6.32. The second-order valence-electron chi connectivity index (χ2n) is 10.8. The van der Waals surface area contributed by atoms with Gasteiger partial charge in [-0.25, -0.2) is 0 Å². The van der Waals surface area contributed by atoms with Gasteiger partial charge in [-0.05, 0) is 99.0 Å². The summed E-state index contributed by atoms with van der Waals surface area (Å²) in [5.41, 5.74) is 2.87. The number of rotatable bonds is 3. The highest BCUT2D eigenvalue weighted by molar-refractivity contribution is 5.77. The summed E-state index contributed by atoms with van der Waals surface area (Å²) in [6, 6.07) is 8.71. The van der Waals surface area contributed by atoms with E-state index in [1.165, 1.54) is 49.7 Å². The van der Waals surface area contributed by atoms with E-state index in [1.807, 2.05) is 0 Å². The summed E-state index contributed by atoms with van der Waals surface area (Å²) in [6.45, 7) is 0.757. The van der Waals surface area contributed by atoms with E-state index in [9.17, 15) is 4.79 Å². The Morgan fingerprint density at radius 2 is 1.64 bits per heavy atom. The van der Waals surface area contributed by atoms with Gasteiger partial charge in [0.2, 0.25) is 5.91 Å². The molecule has 1 amide bonds. The normalized spacial score (nSPS) is 43.3. The van der Waals surface area contributed by atoms with Crippen LogP contribution >= 0.6 is 0 Å². The summed E-state index contributed by atoms with van der Waals surface area (Å²) in [5.74, 6) is 3.52. The summed E-state index contributed by atoms with van der Waals surface area (Å²) < 4.78 is 6.30. The molecule has 0 radical (unpaired) electrons. The average molecular weight is 380 g/mol. The molecule has 7 rings (SSSR count). The van der Waals surface area contributed by atoms with Gasteiger partial charge < -0.3 is 10.1 Å². The third-order valence-electron chi connectivity index (χ3n) is 8.84. The molecule has 150 valence electrons. The monoisotopic (exact) mass is 379 g/mol. The van der Waals surface area contributed by atoms with Crippen molar-refractivity contribution in [3.8, 4) is 0 Å². The molecule has 0 atom stereocenters. The van der Waals surface area contributed by atoms with Crippen molar-refractivity contribution in [3.05, 3.63) is 35.4 Å². The number of ether oxygens (including phenoxy) is 1. The molecule has 3 heteroatoms. The predicted octanol–water partition coefficient (Wildman–Crippen LogP) is 5.08. The first-order valence-electron chi connectivity index (χ1n) is 11.6. The molecule has 3 nitrogen and oxygen atoms in total. The molecule has 1 heterocycles. The van der Waals surface area contributed by atoms with Gasteiger partial charge in [-0.15, -0.1) is 0 Å². The Balaban J connectivity index is 1.07. The average Bonchev–Trinajstić information content (AvgIpc) is 3.01. The van der Waals surface area contributed by atoms with Gasteiger partial charge in [0.25, 0.3) is 0 Å². The van der Waals surface area contributed by atoms with E-state index in [0.717, 1.165) is 56.5 Å². The Bertz CT molecular complexity index is 741. The molecule has 5 saturated carbocycles. The van der Waals surface area contributed by atoms with Crippen molar-refractivity contribution in [1.82, 2.24) is 5.32 Å². The van der Waals surface area contributed by atoms with Crippen LogP contribution in [-0.4, -0.2) is 11.4 Å². The molecule has 0 aromatic heterocycles. The van der Waals surface area contributed by atoms with Gasteiger partial charge in [0.05, 0.1) is 12.2 Å². The molecule has 6 aliphatic rings. The predicted molar refractivity (Wildman–Crippen MR) is 109 cm³/mol. The first-order valence-corrected chi connectivity index (χ1v) is 11.6. The smallest absolute Gasteiger partial charge is 0.220 e. The van der Waals surface area contributed by atoms with Crippen LogP contribution in [0.15, 0.2) is 24.3 Å². The van der Waals surface area contributed by atoms with Crippen molar-refractivity contribution in [3.63, 3.8) is 0 Å².